The van der Waals surface area contributed by atoms with Crippen molar-refractivity contribution >= 4 is 10.2 Å². The molecule has 1 rings (SSSR count). The molecular formula is C11H25N3O2S. The molecule has 0 radical (unpaired) electrons. The minimum atomic E-state index is -3.22. The summed E-state index contributed by atoms with van der Waals surface area (Å²) in [5.74, 6) is 0.588. The standard InChI is InChI=1S/C11H25N3O2S/c1-4-7-13-10(2)11-5-8-14(9-6-11)17(15,16)12-3/h10-13H,4-9H2,1-3H3. The zero-order valence-corrected chi connectivity index (χ0v) is 11.9. The number of piperidine rings is 1. The van der Waals surface area contributed by atoms with E-state index in [0.717, 1.165) is 25.8 Å². The quantitative estimate of drug-likeness (QED) is 0.736. The topological polar surface area (TPSA) is 61.4 Å². The van der Waals surface area contributed by atoms with Gasteiger partial charge in [0.25, 0.3) is 10.2 Å². The Morgan fingerprint density at radius 3 is 2.41 bits per heavy atom. The third kappa shape index (κ3) is 4.21. The first-order valence-electron chi connectivity index (χ1n) is 6.43. The van der Waals surface area contributed by atoms with E-state index in [1.54, 1.807) is 0 Å². The van der Waals surface area contributed by atoms with E-state index in [4.69, 9.17) is 0 Å². The van der Waals surface area contributed by atoms with Gasteiger partial charge in [0, 0.05) is 26.2 Å². The first-order chi connectivity index (χ1) is 8.01. The summed E-state index contributed by atoms with van der Waals surface area (Å²) in [6.45, 7) is 6.65. The van der Waals surface area contributed by atoms with E-state index < -0.39 is 10.2 Å². The van der Waals surface area contributed by atoms with Gasteiger partial charge in [0.05, 0.1) is 0 Å². The lowest BCUT2D eigenvalue weighted by Gasteiger charge is -2.34. The van der Waals surface area contributed by atoms with Gasteiger partial charge in [-0.05, 0) is 38.6 Å². The van der Waals surface area contributed by atoms with Crippen LogP contribution in [0, 0.1) is 5.92 Å². The molecule has 1 aliphatic heterocycles. The Kier molecular flexibility index (Phi) is 5.85. The minimum absolute atomic E-state index is 0.481. The van der Waals surface area contributed by atoms with Crippen LogP contribution in [-0.4, -0.2) is 45.4 Å². The van der Waals surface area contributed by atoms with Gasteiger partial charge in [-0.1, -0.05) is 6.92 Å². The Balaban J connectivity index is 2.40. The molecule has 0 aromatic carbocycles. The van der Waals surface area contributed by atoms with Crippen molar-refractivity contribution in [2.75, 3.05) is 26.7 Å². The molecule has 5 nitrogen and oxygen atoms in total. The minimum Gasteiger partial charge on any atom is -0.314 e. The first-order valence-corrected chi connectivity index (χ1v) is 7.87. The van der Waals surface area contributed by atoms with E-state index in [9.17, 15) is 8.42 Å². The Morgan fingerprint density at radius 2 is 1.94 bits per heavy atom. The normalized spacial score (nSPS) is 21.6. The SMILES string of the molecule is CCCNC(C)C1CCN(S(=O)(=O)NC)CC1. The lowest BCUT2D eigenvalue weighted by molar-refractivity contribution is 0.230. The molecular weight excluding hydrogens is 238 g/mol. The maximum atomic E-state index is 11.6. The predicted octanol–water partition coefficient (Wildman–Crippen LogP) is 0.551. The first kappa shape index (κ1) is 14.9. The van der Waals surface area contributed by atoms with Gasteiger partial charge < -0.3 is 5.32 Å². The molecule has 1 saturated heterocycles. The monoisotopic (exact) mass is 263 g/mol. The molecule has 102 valence electrons. The summed E-state index contributed by atoms with van der Waals surface area (Å²) in [6, 6.07) is 0.481. The van der Waals surface area contributed by atoms with Gasteiger partial charge in [0.2, 0.25) is 0 Å². The number of hydrogen-bond acceptors (Lipinski definition) is 3. The second kappa shape index (κ2) is 6.68. The summed E-state index contributed by atoms with van der Waals surface area (Å²) in [6.07, 6.45) is 3.02. The van der Waals surface area contributed by atoms with Crippen molar-refractivity contribution < 1.29 is 8.42 Å². The zero-order chi connectivity index (χ0) is 12.9. The van der Waals surface area contributed by atoms with Crippen LogP contribution in [0.3, 0.4) is 0 Å². The molecule has 0 aliphatic carbocycles. The molecule has 1 fully saturated rings. The van der Waals surface area contributed by atoms with Gasteiger partial charge in [0.1, 0.15) is 0 Å². The van der Waals surface area contributed by atoms with Crippen molar-refractivity contribution in [2.45, 2.75) is 39.2 Å². The summed E-state index contributed by atoms with van der Waals surface area (Å²) >= 11 is 0. The Bertz CT molecular complexity index is 311. The van der Waals surface area contributed by atoms with Gasteiger partial charge >= 0.3 is 0 Å². The highest BCUT2D eigenvalue weighted by molar-refractivity contribution is 7.87. The van der Waals surface area contributed by atoms with E-state index in [2.05, 4.69) is 23.9 Å². The molecule has 0 amide bonds. The van der Waals surface area contributed by atoms with Crippen LogP contribution in [0.25, 0.3) is 0 Å². The Hall–Kier alpha value is -0.170. The highest BCUT2D eigenvalue weighted by atomic mass is 32.2. The fourth-order valence-electron chi connectivity index (χ4n) is 2.28. The van der Waals surface area contributed by atoms with E-state index in [1.807, 2.05) is 0 Å². The number of nitrogens with one attached hydrogen (secondary N) is 2. The van der Waals surface area contributed by atoms with E-state index in [-0.39, 0.29) is 0 Å². The lowest BCUT2D eigenvalue weighted by Crippen LogP contribution is -2.47. The molecule has 1 aliphatic rings. The molecule has 17 heavy (non-hydrogen) atoms. The van der Waals surface area contributed by atoms with Crippen LogP contribution < -0.4 is 10.0 Å². The summed E-state index contributed by atoms with van der Waals surface area (Å²) in [5.41, 5.74) is 0. The van der Waals surface area contributed by atoms with Crippen molar-refractivity contribution in [1.82, 2.24) is 14.3 Å². The molecule has 2 N–H and O–H groups in total. The van der Waals surface area contributed by atoms with Gasteiger partial charge in [-0.15, -0.1) is 0 Å². The second-order valence-corrected chi connectivity index (χ2v) is 6.56. The fourth-order valence-corrected chi connectivity index (χ4v) is 3.23. The number of hydrogen-bond donors (Lipinski definition) is 2. The molecule has 0 saturated carbocycles. The summed E-state index contributed by atoms with van der Waals surface area (Å²) in [7, 11) is -1.76. The van der Waals surface area contributed by atoms with Gasteiger partial charge in [-0.25, -0.2) is 4.72 Å². The van der Waals surface area contributed by atoms with Crippen LogP contribution in [0.15, 0.2) is 0 Å². The third-order valence-electron chi connectivity index (χ3n) is 3.52. The maximum Gasteiger partial charge on any atom is 0.279 e. The van der Waals surface area contributed by atoms with Crippen molar-refractivity contribution in [3.63, 3.8) is 0 Å². The molecule has 1 atom stereocenters. The molecule has 0 aromatic heterocycles. The zero-order valence-electron chi connectivity index (χ0n) is 11.1. The summed E-state index contributed by atoms with van der Waals surface area (Å²) in [5, 5.41) is 3.49. The van der Waals surface area contributed by atoms with Crippen molar-refractivity contribution in [1.29, 1.82) is 0 Å². The summed E-state index contributed by atoms with van der Waals surface area (Å²) in [4.78, 5) is 0. The largest absolute Gasteiger partial charge is 0.314 e. The molecule has 0 spiro atoms. The molecule has 6 heteroatoms. The van der Waals surface area contributed by atoms with Crippen LogP contribution >= 0.6 is 0 Å². The number of rotatable bonds is 6. The highest BCUT2D eigenvalue weighted by Crippen LogP contribution is 2.21. The van der Waals surface area contributed by atoms with Crippen LogP contribution in [-0.2, 0) is 10.2 Å². The maximum absolute atomic E-state index is 11.6. The number of nitrogens with zero attached hydrogens (tertiary/aromatic N) is 1. The second-order valence-electron chi connectivity index (χ2n) is 4.69. The molecule has 1 unspecified atom stereocenters. The van der Waals surface area contributed by atoms with E-state index >= 15 is 0 Å². The Labute approximate surface area is 105 Å². The van der Waals surface area contributed by atoms with Gasteiger partial charge in [0.15, 0.2) is 0 Å². The molecule has 0 bridgehead atoms. The average Bonchev–Trinajstić information content (AvgIpc) is 2.36. The highest BCUT2D eigenvalue weighted by Gasteiger charge is 2.28. The van der Waals surface area contributed by atoms with Gasteiger partial charge in [-0.2, -0.15) is 12.7 Å². The van der Waals surface area contributed by atoms with E-state index in [1.165, 1.54) is 11.4 Å². The van der Waals surface area contributed by atoms with Crippen molar-refractivity contribution in [3.05, 3.63) is 0 Å². The predicted molar refractivity (Wildman–Crippen MR) is 70.0 cm³/mol. The van der Waals surface area contributed by atoms with Crippen LogP contribution in [0.2, 0.25) is 0 Å². The Morgan fingerprint density at radius 1 is 1.35 bits per heavy atom. The average molecular weight is 263 g/mol. The van der Waals surface area contributed by atoms with Crippen LogP contribution in [0.5, 0.6) is 0 Å². The van der Waals surface area contributed by atoms with Crippen molar-refractivity contribution in [3.8, 4) is 0 Å². The molecule has 0 aromatic rings. The third-order valence-corrected chi connectivity index (χ3v) is 5.08. The lowest BCUT2D eigenvalue weighted by atomic mass is 9.91. The summed E-state index contributed by atoms with van der Waals surface area (Å²) < 4.78 is 27.1. The fraction of sp³-hybridized carbons (Fsp3) is 1.00. The van der Waals surface area contributed by atoms with E-state index in [0.29, 0.717) is 25.0 Å². The van der Waals surface area contributed by atoms with Gasteiger partial charge in [-0.3, -0.25) is 0 Å². The van der Waals surface area contributed by atoms with Crippen LogP contribution in [0.1, 0.15) is 33.1 Å². The molecule has 1 heterocycles. The smallest absolute Gasteiger partial charge is 0.279 e. The van der Waals surface area contributed by atoms with Crippen LogP contribution in [0.4, 0.5) is 0 Å². The van der Waals surface area contributed by atoms with Crippen molar-refractivity contribution in [2.24, 2.45) is 5.92 Å².